The Labute approximate surface area is 193 Å². The molecule has 0 saturated carbocycles. The van der Waals surface area contributed by atoms with Crippen molar-refractivity contribution in [1.29, 1.82) is 0 Å². The molecule has 172 valence electrons. The van der Waals surface area contributed by atoms with Gasteiger partial charge in [0, 0.05) is 50.2 Å². The number of carboxylic acid groups (broad SMARTS) is 1. The van der Waals surface area contributed by atoms with Gasteiger partial charge in [0.15, 0.2) is 0 Å². The highest BCUT2D eigenvalue weighted by Gasteiger charge is 2.28. The summed E-state index contributed by atoms with van der Waals surface area (Å²) in [5.41, 5.74) is 3.52. The minimum Gasteiger partial charge on any atom is -0.481 e. The maximum Gasteiger partial charge on any atom is 0.307 e. The Morgan fingerprint density at radius 2 is 1.82 bits per heavy atom. The van der Waals surface area contributed by atoms with Crippen LogP contribution in [0.2, 0.25) is 0 Å². The summed E-state index contributed by atoms with van der Waals surface area (Å²) >= 11 is 0. The van der Waals surface area contributed by atoms with Gasteiger partial charge in [0.25, 0.3) is 0 Å². The van der Waals surface area contributed by atoms with Crippen LogP contribution in [-0.4, -0.2) is 51.6 Å². The largest absolute Gasteiger partial charge is 0.481 e. The number of carboxylic acids is 1. The molecule has 7 heteroatoms. The van der Waals surface area contributed by atoms with Crippen LogP contribution in [0.3, 0.4) is 0 Å². The number of halogens is 1. The van der Waals surface area contributed by atoms with Crippen molar-refractivity contribution in [3.05, 3.63) is 77.9 Å². The predicted molar refractivity (Wildman–Crippen MR) is 127 cm³/mol. The van der Waals surface area contributed by atoms with Crippen molar-refractivity contribution in [2.24, 2.45) is 0 Å². The number of anilines is 1. The van der Waals surface area contributed by atoms with E-state index in [-0.39, 0.29) is 12.2 Å². The quantitative estimate of drug-likeness (QED) is 0.551. The average Bonchev–Trinajstić information content (AvgIpc) is 2.80. The Morgan fingerprint density at radius 1 is 1.06 bits per heavy atom. The molecule has 0 unspecified atom stereocenters. The fourth-order valence-corrected chi connectivity index (χ4v) is 4.46. The van der Waals surface area contributed by atoms with Gasteiger partial charge >= 0.3 is 5.97 Å². The van der Waals surface area contributed by atoms with Crippen LogP contribution in [0.1, 0.15) is 30.9 Å². The SMILES string of the molecule is CCC[C@@H]1CN(Cc2cccc(CC(=O)O)c2)CCN1c1ncc(-c2cccc(F)c2)cn1. The van der Waals surface area contributed by atoms with E-state index in [0.29, 0.717) is 12.0 Å². The number of aliphatic carboxylic acids is 1. The molecule has 1 atom stereocenters. The molecule has 2 heterocycles. The molecule has 1 aliphatic rings. The summed E-state index contributed by atoms with van der Waals surface area (Å²) in [7, 11) is 0. The zero-order valence-electron chi connectivity index (χ0n) is 18.8. The molecule has 0 aliphatic carbocycles. The van der Waals surface area contributed by atoms with Crippen molar-refractivity contribution < 1.29 is 14.3 Å². The summed E-state index contributed by atoms with van der Waals surface area (Å²) in [4.78, 5) is 24.9. The first kappa shape index (κ1) is 22.9. The van der Waals surface area contributed by atoms with E-state index >= 15 is 0 Å². The number of carbonyl (C=O) groups is 1. The Balaban J connectivity index is 1.44. The highest BCUT2D eigenvalue weighted by molar-refractivity contribution is 5.70. The monoisotopic (exact) mass is 448 g/mol. The minimum absolute atomic E-state index is 0.0447. The Kier molecular flexibility index (Phi) is 7.29. The van der Waals surface area contributed by atoms with Gasteiger partial charge in [0.2, 0.25) is 5.95 Å². The number of nitrogens with zero attached hydrogens (tertiary/aromatic N) is 4. The molecule has 0 radical (unpaired) electrons. The van der Waals surface area contributed by atoms with Gasteiger partial charge in [-0.25, -0.2) is 14.4 Å². The lowest BCUT2D eigenvalue weighted by molar-refractivity contribution is -0.136. The maximum atomic E-state index is 13.5. The molecule has 1 aromatic heterocycles. The highest BCUT2D eigenvalue weighted by atomic mass is 19.1. The van der Waals surface area contributed by atoms with Gasteiger partial charge in [-0.3, -0.25) is 9.69 Å². The number of hydrogen-bond donors (Lipinski definition) is 1. The molecule has 0 bridgehead atoms. The van der Waals surface area contributed by atoms with E-state index < -0.39 is 5.97 Å². The average molecular weight is 449 g/mol. The van der Waals surface area contributed by atoms with Crippen LogP contribution in [0.5, 0.6) is 0 Å². The van der Waals surface area contributed by atoms with Crippen LogP contribution in [0.25, 0.3) is 11.1 Å². The van der Waals surface area contributed by atoms with Crippen LogP contribution in [0.15, 0.2) is 60.9 Å². The van der Waals surface area contributed by atoms with Crippen molar-refractivity contribution in [1.82, 2.24) is 14.9 Å². The molecule has 1 aliphatic heterocycles. The normalized spacial score (nSPS) is 16.7. The van der Waals surface area contributed by atoms with E-state index in [1.165, 1.54) is 12.1 Å². The first-order valence-corrected chi connectivity index (χ1v) is 11.4. The third-order valence-electron chi connectivity index (χ3n) is 5.99. The third kappa shape index (κ3) is 5.93. The molecule has 2 aromatic carbocycles. The lowest BCUT2D eigenvalue weighted by Gasteiger charge is -2.41. The third-order valence-corrected chi connectivity index (χ3v) is 5.99. The Bertz CT molecular complexity index is 1090. The molecule has 1 fully saturated rings. The van der Waals surface area contributed by atoms with Crippen LogP contribution in [-0.2, 0) is 17.8 Å². The van der Waals surface area contributed by atoms with Crippen LogP contribution in [0.4, 0.5) is 10.3 Å². The number of piperazine rings is 1. The predicted octanol–water partition coefficient (Wildman–Crippen LogP) is 4.40. The zero-order chi connectivity index (χ0) is 23.2. The Hall–Kier alpha value is -3.32. The second kappa shape index (κ2) is 10.5. The van der Waals surface area contributed by atoms with Gasteiger partial charge in [-0.05, 0) is 35.2 Å². The molecule has 6 nitrogen and oxygen atoms in total. The van der Waals surface area contributed by atoms with Gasteiger partial charge in [-0.15, -0.1) is 0 Å². The summed E-state index contributed by atoms with van der Waals surface area (Å²) in [6.07, 6.45) is 5.67. The molecule has 33 heavy (non-hydrogen) atoms. The number of aromatic nitrogens is 2. The van der Waals surface area contributed by atoms with E-state index in [1.54, 1.807) is 18.5 Å². The summed E-state index contributed by atoms with van der Waals surface area (Å²) < 4.78 is 13.5. The van der Waals surface area contributed by atoms with E-state index in [0.717, 1.165) is 61.3 Å². The number of hydrogen-bond acceptors (Lipinski definition) is 5. The van der Waals surface area contributed by atoms with Crippen molar-refractivity contribution in [3.63, 3.8) is 0 Å². The van der Waals surface area contributed by atoms with Crippen LogP contribution >= 0.6 is 0 Å². The molecular formula is C26H29FN4O2. The molecule has 0 spiro atoms. The van der Waals surface area contributed by atoms with Crippen molar-refractivity contribution >= 4 is 11.9 Å². The van der Waals surface area contributed by atoms with E-state index in [2.05, 4.69) is 32.8 Å². The van der Waals surface area contributed by atoms with Gasteiger partial charge in [0.05, 0.1) is 6.42 Å². The summed E-state index contributed by atoms with van der Waals surface area (Å²) in [6.45, 7) is 5.56. The Morgan fingerprint density at radius 3 is 2.55 bits per heavy atom. The van der Waals surface area contributed by atoms with Crippen LogP contribution < -0.4 is 4.90 Å². The van der Waals surface area contributed by atoms with Crippen molar-refractivity contribution in [2.45, 2.75) is 38.8 Å². The zero-order valence-corrected chi connectivity index (χ0v) is 18.8. The number of benzene rings is 2. The highest BCUT2D eigenvalue weighted by Crippen LogP contribution is 2.24. The molecule has 3 aromatic rings. The van der Waals surface area contributed by atoms with Gasteiger partial charge < -0.3 is 10.0 Å². The van der Waals surface area contributed by atoms with Gasteiger partial charge in [-0.1, -0.05) is 49.7 Å². The lowest BCUT2D eigenvalue weighted by Crippen LogP contribution is -2.53. The van der Waals surface area contributed by atoms with Crippen molar-refractivity contribution in [3.8, 4) is 11.1 Å². The summed E-state index contributed by atoms with van der Waals surface area (Å²) in [5.74, 6) is -0.381. The molecular weight excluding hydrogens is 419 g/mol. The second-order valence-electron chi connectivity index (χ2n) is 8.54. The second-order valence-corrected chi connectivity index (χ2v) is 8.54. The van der Waals surface area contributed by atoms with E-state index in [1.807, 2.05) is 24.3 Å². The topological polar surface area (TPSA) is 69.6 Å². The van der Waals surface area contributed by atoms with E-state index in [9.17, 15) is 9.18 Å². The smallest absolute Gasteiger partial charge is 0.307 e. The molecule has 0 amide bonds. The first-order valence-electron chi connectivity index (χ1n) is 11.4. The summed E-state index contributed by atoms with van der Waals surface area (Å²) in [5, 5.41) is 9.06. The maximum absolute atomic E-state index is 13.5. The van der Waals surface area contributed by atoms with Gasteiger partial charge in [0.1, 0.15) is 5.82 Å². The molecule has 1 saturated heterocycles. The lowest BCUT2D eigenvalue weighted by atomic mass is 10.0. The standard InChI is InChI=1S/C26H29FN4O2/c1-2-5-24-18-30(17-20-7-3-6-19(12-20)13-25(32)33)10-11-31(24)26-28-15-22(16-29-26)21-8-4-9-23(27)14-21/h3-4,6-9,12,14-16,24H,2,5,10-11,13,17-18H2,1H3,(H,32,33)/t24-/m1/s1. The minimum atomic E-state index is -0.813. The van der Waals surface area contributed by atoms with Crippen molar-refractivity contribution in [2.75, 3.05) is 24.5 Å². The fraction of sp³-hybridized carbons (Fsp3) is 0.346. The molecule has 1 N–H and O–H groups in total. The van der Waals surface area contributed by atoms with E-state index in [4.69, 9.17) is 5.11 Å². The molecule has 4 rings (SSSR count). The number of rotatable bonds is 8. The first-order chi connectivity index (χ1) is 16.0. The summed E-state index contributed by atoms with van der Waals surface area (Å²) in [6, 6.07) is 14.6. The fourth-order valence-electron chi connectivity index (χ4n) is 4.46. The van der Waals surface area contributed by atoms with Crippen LogP contribution in [0, 0.1) is 5.82 Å². The van der Waals surface area contributed by atoms with Gasteiger partial charge in [-0.2, -0.15) is 0 Å².